The Morgan fingerprint density at radius 1 is 1.56 bits per heavy atom. The fraction of sp³-hybridized carbons (Fsp3) is 0.556. The molecule has 0 spiro atoms. The van der Waals surface area contributed by atoms with Crippen LogP contribution in [-0.4, -0.2) is 33.8 Å². The largest absolute Gasteiger partial charge is 0.364 e. The molecule has 0 bridgehead atoms. The molecule has 0 unspecified atom stereocenters. The van der Waals surface area contributed by atoms with E-state index in [-0.39, 0.29) is 0 Å². The maximum Gasteiger partial charge on any atom is 0.269 e. The summed E-state index contributed by atoms with van der Waals surface area (Å²) in [5.41, 5.74) is 9.16. The zero-order chi connectivity index (χ0) is 11.5. The predicted octanol–water partition coefficient (Wildman–Crippen LogP) is -1.39. The van der Waals surface area contributed by atoms with Gasteiger partial charge < -0.3 is 5.73 Å². The number of aryl methyl sites for hydroxylation is 1. The van der Waals surface area contributed by atoms with Crippen LogP contribution in [0, 0.1) is 0 Å². The van der Waals surface area contributed by atoms with Crippen molar-refractivity contribution in [1.29, 1.82) is 0 Å². The second-order valence-corrected chi connectivity index (χ2v) is 3.88. The summed E-state index contributed by atoms with van der Waals surface area (Å²) in [5, 5.41) is 4.17. The van der Waals surface area contributed by atoms with E-state index in [2.05, 4.69) is 15.4 Å². The summed E-state index contributed by atoms with van der Waals surface area (Å²) in [6, 6.07) is 1.75. The van der Waals surface area contributed by atoms with Crippen molar-refractivity contribution in [2.75, 3.05) is 13.2 Å². The number of amides is 1. The van der Waals surface area contributed by atoms with Crippen LogP contribution in [0.4, 0.5) is 0 Å². The third-order valence-electron chi connectivity index (χ3n) is 2.66. The number of hydrogen-bond acceptors (Lipinski definition) is 5. The zero-order valence-corrected chi connectivity index (χ0v) is 9.02. The fourth-order valence-electron chi connectivity index (χ4n) is 1.91. The van der Waals surface area contributed by atoms with Crippen LogP contribution in [-0.2, 0) is 13.1 Å². The first-order valence-electron chi connectivity index (χ1n) is 5.23. The number of hydrazine groups is 1. The minimum Gasteiger partial charge on any atom is -0.364 e. The molecule has 0 aromatic carbocycles. The summed E-state index contributed by atoms with van der Waals surface area (Å²) in [4.78, 5) is 13.2. The Morgan fingerprint density at radius 2 is 2.38 bits per heavy atom. The first-order valence-corrected chi connectivity index (χ1v) is 5.23. The van der Waals surface area contributed by atoms with Crippen LogP contribution in [0.1, 0.15) is 22.6 Å². The van der Waals surface area contributed by atoms with Crippen molar-refractivity contribution in [2.45, 2.75) is 19.5 Å². The van der Waals surface area contributed by atoms with E-state index in [4.69, 9.17) is 11.6 Å². The molecule has 2 rings (SSSR count). The lowest BCUT2D eigenvalue weighted by atomic mass is 10.3. The van der Waals surface area contributed by atoms with Crippen molar-refractivity contribution in [3.8, 4) is 0 Å². The van der Waals surface area contributed by atoms with Gasteiger partial charge in [-0.2, -0.15) is 5.10 Å². The van der Waals surface area contributed by atoms with Crippen molar-refractivity contribution in [2.24, 2.45) is 11.6 Å². The van der Waals surface area contributed by atoms with E-state index < -0.39 is 5.91 Å². The lowest BCUT2D eigenvalue weighted by Crippen LogP contribution is -2.37. The third-order valence-corrected chi connectivity index (χ3v) is 2.66. The lowest BCUT2D eigenvalue weighted by molar-refractivity contribution is 0.0994. The van der Waals surface area contributed by atoms with Gasteiger partial charge in [0.2, 0.25) is 0 Å². The van der Waals surface area contributed by atoms with Crippen LogP contribution in [0.3, 0.4) is 0 Å². The average molecular weight is 224 g/mol. The van der Waals surface area contributed by atoms with E-state index in [9.17, 15) is 4.79 Å². The van der Waals surface area contributed by atoms with Crippen molar-refractivity contribution >= 4 is 5.91 Å². The molecule has 1 aliphatic heterocycles. The molecular weight excluding hydrogens is 208 g/mol. The molecule has 0 atom stereocenters. The van der Waals surface area contributed by atoms with E-state index in [1.54, 1.807) is 6.07 Å². The average Bonchev–Trinajstić information content (AvgIpc) is 2.54. The van der Waals surface area contributed by atoms with Crippen LogP contribution < -0.4 is 17.0 Å². The van der Waals surface area contributed by atoms with Gasteiger partial charge in [0.15, 0.2) is 0 Å². The zero-order valence-electron chi connectivity index (χ0n) is 9.02. The number of nitrogens with zero attached hydrogens (tertiary/aromatic N) is 3. The monoisotopic (exact) mass is 224 g/mol. The molecule has 1 amide bonds. The number of carbonyl (C=O) groups excluding carboxylic acids is 1. The lowest BCUT2D eigenvalue weighted by Gasteiger charge is -2.17. The maximum absolute atomic E-state index is 11.0. The van der Waals surface area contributed by atoms with Gasteiger partial charge in [0, 0.05) is 19.6 Å². The molecule has 1 aliphatic rings. The summed E-state index contributed by atoms with van der Waals surface area (Å²) in [7, 11) is 0. The molecule has 1 aromatic rings. The van der Waals surface area contributed by atoms with Gasteiger partial charge in [-0.3, -0.25) is 20.2 Å². The number of nitrogens with one attached hydrogen (secondary N) is 1. The van der Waals surface area contributed by atoms with Crippen molar-refractivity contribution < 1.29 is 4.79 Å². The normalized spacial score (nSPS) is 16.8. The molecular formula is C9H16N6O. The molecule has 0 fully saturated rings. The molecule has 0 aliphatic carbocycles. The van der Waals surface area contributed by atoms with Gasteiger partial charge in [0.05, 0.1) is 12.4 Å². The number of hydrogen-bond donors (Lipinski definition) is 3. The minimum atomic E-state index is -0.482. The van der Waals surface area contributed by atoms with Crippen LogP contribution in [0.25, 0.3) is 0 Å². The smallest absolute Gasteiger partial charge is 0.269 e. The summed E-state index contributed by atoms with van der Waals surface area (Å²) in [6.45, 7) is 3.12. The van der Waals surface area contributed by atoms with Crippen LogP contribution in [0.15, 0.2) is 6.07 Å². The van der Waals surface area contributed by atoms with Crippen molar-refractivity contribution in [3.05, 3.63) is 17.5 Å². The molecule has 88 valence electrons. The molecule has 5 N–H and O–H groups in total. The van der Waals surface area contributed by atoms with Gasteiger partial charge in [-0.15, -0.1) is 0 Å². The van der Waals surface area contributed by atoms with Gasteiger partial charge in [-0.1, -0.05) is 0 Å². The van der Waals surface area contributed by atoms with Crippen molar-refractivity contribution in [1.82, 2.24) is 20.1 Å². The van der Waals surface area contributed by atoms with Gasteiger partial charge in [0.1, 0.15) is 5.69 Å². The van der Waals surface area contributed by atoms with E-state index in [0.717, 1.165) is 31.7 Å². The van der Waals surface area contributed by atoms with Crippen LogP contribution in [0.2, 0.25) is 0 Å². The Hall–Kier alpha value is -1.44. The third kappa shape index (κ3) is 2.21. The first kappa shape index (κ1) is 11.1. The Labute approximate surface area is 93.3 Å². The second kappa shape index (κ2) is 4.60. The molecule has 16 heavy (non-hydrogen) atoms. The highest BCUT2D eigenvalue weighted by atomic mass is 16.1. The van der Waals surface area contributed by atoms with E-state index in [1.165, 1.54) is 0 Å². The van der Waals surface area contributed by atoms with E-state index >= 15 is 0 Å². The summed E-state index contributed by atoms with van der Waals surface area (Å²) in [6.07, 6.45) is 0.981. The van der Waals surface area contributed by atoms with Crippen LogP contribution >= 0.6 is 0 Å². The summed E-state index contributed by atoms with van der Waals surface area (Å²) >= 11 is 0. The topological polar surface area (TPSA) is 102 Å². The SMILES string of the molecule is NNCN1CCCn2nc(C(N)=O)cc2C1. The Bertz CT molecular complexity index is 387. The molecule has 7 heteroatoms. The van der Waals surface area contributed by atoms with E-state index in [1.807, 2.05) is 4.68 Å². The predicted molar refractivity (Wildman–Crippen MR) is 58.0 cm³/mol. The Balaban J connectivity index is 2.18. The number of fused-ring (bicyclic) bond motifs is 1. The highest BCUT2D eigenvalue weighted by Gasteiger charge is 2.17. The standard InChI is InChI=1S/C9H16N6O/c10-9(16)8-4-7-5-14(6-12-11)2-1-3-15(7)13-8/h4,12H,1-3,5-6,11H2,(H2,10,16). The molecule has 0 saturated carbocycles. The number of nitrogens with two attached hydrogens (primary N) is 2. The number of aromatic nitrogens is 2. The number of carbonyl (C=O) groups is 1. The number of rotatable bonds is 3. The molecule has 0 saturated heterocycles. The highest BCUT2D eigenvalue weighted by Crippen LogP contribution is 2.12. The summed E-state index contributed by atoms with van der Waals surface area (Å²) in [5.74, 6) is 4.81. The fourth-order valence-corrected chi connectivity index (χ4v) is 1.91. The first-order chi connectivity index (χ1) is 7.70. The summed E-state index contributed by atoms with van der Waals surface area (Å²) < 4.78 is 1.84. The highest BCUT2D eigenvalue weighted by molar-refractivity contribution is 5.90. The maximum atomic E-state index is 11.0. The molecule has 7 nitrogen and oxygen atoms in total. The van der Waals surface area contributed by atoms with Gasteiger partial charge in [-0.25, -0.2) is 5.43 Å². The Morgan fingerprint density at radius 3 is 3.06 bits per heavy atom. The van der Waals surface area contributed by atoms with E-state index in [0.29, 0.717) is 12.4 Å². The molecule has 0 radical (unpaired) electrons. The Kier molecular flexibility index (Phi) is 3.18. The molecule has 1 aromatic heterocycles. The van der Waals surface area contributed by atoms with Gasteiger partial charge in [-0.05, 0) is 12.5 Å². The van der Waals surface area contributed by atoms with Crippen molar-refractivity contribution in [3.63, 3.8) is 0 Å². The van der Waals surface area contributed by atoms with Gasteiger partial charge >= 0.3 is 0 Å². The minimum absolute atomic E-state index is 0.331. The number of primary amides is 1. The van der Waals surface area contributed by atoms with Gasteiger partial charge in [0.25, 0.3) is 5.91 Å². The second-order valence-electron chi connectivity index (χ2n) is 3.88. The van der Waals surface area contributed by atoms with Crippen LogP contribution in [0.5, 0.6) is 0 Å². The quantitative estimate of drug-likeness (QED) is 0.433. The molecule has 2 heterocycles.